The minimum atomic E-state index is 0.727. The number of rotatable bonds is 4. The zero-order chi connectivity index (χ0) is 16.5. The van der Waals surface area contributed by atoms with Gasteiger partial charge in [-0.05, 0) is 36.8 Å². The standard InChI is InChI=1S/C19H18ClN3O/c1-24-18-5-3-2-4-13(18)12-17-16-10-11-21-19(16)23(22-17)15-8-6-14(20)7-9-15/h2-9,21H,10-12H2,1H3. The van der Waals surface area contributed by atoms with E-state index in [0.29, 0.717) is 0 Å². The number of benzene rings is 2. The topological polar surface area (TPSA) is 39.1 Å². The molecule has 3 aromatic rings. The number of nitrogens with one attached hydrogen (secondary N) is 1. The minimum absolute atomic E-state index is 0.727. The van der Waals surface area contributed by atoms with Crippen LogP contribution in [0, 0.1) is 0 Å². The number of ether oxygens (including phenoxy) is 1. The Bertz CT molecular complexity index is 871. The van der Waals surface area contributed by atoms with Gasteiger partial charge in [0, 0.05) is 29.1 Å². The van der Waals surface area contributed by atoms with Crippen LogP contribution in [0.25, 0.3) is 5.69 Å². The van der Waals surface area contributed by atoms with Gasteiger partial charge in [0.2, 0.25) is 0 Å². The third-order valence-corrected chi connectivity index (χ3v) is 4.61. The lowest BCUT2D eigenvalue weighted by Gasteiger charge is -2.08. The average Bonchev–Trinajstić information content (AvgIpc) is 3.20. The largest absolute Gasteiger partial charge is 0.496 e. The van der Waals surface area contributed by atoms with Crippen LogP contribution in [0.15, 0.2) is 48.5 Å². The van der Waals surface area contributed by atoms with Crippen molar-refractivity contribution in [1.82, 2.24) is 9.78 Å². The third kappa shape index (κ3) is 2.63. The predicted octanol–water partition coefficient (Wildman–Crippen LogP) is 4.09. The zero-order valence-corrected chi connectivity index (χ0v) is 14.2. The van der Waals surface area contributed by atoms with Crippen molar-refractivity contribution < 1.29 is 4.74 Å². The van der Waals surface area contributed by atoms with E-state index in [1.54, 1.807) is 7.11 Å². The molecular formula is C19H18ClN3O. The van der Waals surface area contributed by atoms with Gasteiger partial charge in [0.1, 0.15) is 11.6 Å². The number of aromatic nitrogens is 2. The summed E-state index contributed by atoms with van der Waals surface area (Å²) in [5.74, 6) is 1.99. The molecule has 122 valence electrons. The molecule has 0 saturated carbocycles. The lowest BCUT2D eigenvalue weighted by molar-refractivity contribution is 0.410. The highest BCUT2D eigenvalue weighted by Gasteiger charge is 2.23. The predicted molar refractivity (Wildman–Crippen MR) is 96.6 cm³/mol. The van der Waals surface area contributed by atoms with Crippen LogP contribution < -0.4 is 10.1 Å². The second-order valence-corrected chi connectivity index (χ2v) is 6.26. The molecule has 0 atom stereocenters. The molecule has 1 aliphatic heterocycles. The number of anilines is 1. The van der Waals surface area contributed by atoms with Gasteiger partial charge in [0.25, 0.3) is 0 Å². The number of methoxy groups -OCH3 is 1. The fourth-order valence-corrected chi connectivity index (χ4v) is 3.31. The molecule has 0 spiro atoms. The summed E-state index contributed by atoms with van der Waals surface area (Å²) < 4.78 is 7.45. The lowest BCUT2D eigenvalue weighted by Crippen LogP contribution is -2.05. The quantitative estimate of drug-likeness (QED) is 0.778. The van der Waals surface area contributed by atoms with E-state index in [4.69, 9.17) is 21.4 Å². The highest BCUT2D eigenvalue weighted by molar-refractivity contribution is 6.30. The van der Waals surface area contributed by atoms with Gasteiger partial charge in [-0.25, -0.2) is 4.68 Å². The van der Waals surface area contributed by atoms with E-state index >= 15 is 0 Å². The van der Waals surface area contributed by atoms with E-state index in [2.05, 4.69) is 11.4 Å². The number of hydrogen-bond donors (Lipinski definition) is 1. The van der Waals surface area contributed by atoms with Crippen molar-refractivity contribution in [3.05, 3.63) is 70.4 Å². The first-order chi connectivity index (χ1) is 11.8. The fraction of sp³-hybridized carbons (Fsp3) is 0.211. The van der Waals surface area contributed by atoms with E-state index in [0.717, 1.165) is 52.9 Å². The molecule has 2 aromatic carbocycles. The first-order valence-corrected chi connectivity index (χ1v) is 8.36. The summed E-state index contributed by atoms with van der Waals surface area (Å²) in [6, 6.07) is 15.9. The number of para-hydroxylation sites is 1. The average molecular weight is 340 g/mol. The molecule has 0 amide bonds. The Labute approximate surface area is 146 Å². The molecule has 1 aliphatic rings. The van der Waals surface area contributed by atoms with Crippen molar-refractivity contribution in [3.8, 4) is 11.4 Å². The summed E-state index contributed by atoms with van der Waals surface area (Å²) in [4.78, 5) is 0. The summed E-state index contributed by atoms with van der Waals surface area (Å²) in [5.41, 5.74) is 4.54. The van der Waals surface area contributed by atoms with Crippen LogP contribution >= 0.6 is 11.6 Å². The van der Waals surface area contributed by atoms with E-state index in [9.17, 15) is 0 Å². The molecule has 0 radical (unpaired) electrons. The van der Waals surface area contributed by atoms with E-state index in [1.165, 1.54) is 5.56 Å². The van der Waals surface area contributed by atoms with Crippen LogP contribution in [0.3, 0.4) is 0 Å². The van der Waals surface area contributed by atoms with Crippen LogP contribution in [0.5, 0.6) is 5.75 Å². The van der Waals surface area contributed by atoms with Crippen molar-refractivity contribution >= 4 is 17.4 Å². The Morgan fingerprint density at radius 3 is 2.75 bits per heavy atom. The summed E-state index contributed by atoms with van der Waals surface area (Å²) in [5, 5.41) is 9.04. The first kappa shape index (κ1) is 15.1. The van der Waals surface area contributed by atoms with Gasteiger partial charge in [0.15, 0.2) is 0 Å². The molecule has 5 heteroatoms. The summed E-state index contributed by atoms with van der Waals surface area (Å²) in [6.45, 7) is 0.944. The Kier molecular flexibility index (Phi) is 3.90. The molecule has 24 heavy (non-hydrogen) atoms. The van der Waals surface area contributed by atoms with Gasteiger partial charge in [-0.15, -0.1) is 0 Å². The maximum Gasteiger partial charge on any atom is 0.133 e. The summed E-state index contributed by atoms with van der Waals surface area (Å²) in [7, 11) is 1.71. The highest BCUT2D eigenvalue weighted by atomic mass is 35.5. The first-order valence-electron chi connectivity index (χ1n) is 7.99. The fourth-order valence-electron chi connectivity index (χ4n) is 3.19. The molecular weight excluding hydrogens is 322 g/mol. The maximum atomic E-state index is 6.00. The molecule has 0 aliphatic carbocycles. The molecule has 0 bridgehead atoms. The molecule has 0 fully saturated rings. The Morgan fingerprint density at radius 1 is 1.17 bits per heavy atom. The molecule has 0 unspecified atom stereocenters. The highest BCUT2D eigenvalue weighted by Crippen LogP contribution is 2.31. The van der Waals surface area contributed by atoms with E-state index in [1.807, 2.05) is 47.1 Å². The monoisotopic (exact) mass is 339 g/mol. The van der Waals surface area contributed by atoms with E-state index < -0.39 is 0 Å². The third-order valence-electron chi connectivity index (χ3n) is 4.36. The SMILES string of the molecule is COc1ccccc1Cc1nn(-c2ccc(Cl)cc2)c2c1CCN2. The lowest BCUT2D eigenvalue weighted by atomic mass is 10.0. The Balaban J connectivity index is 1.75. The van der Waals surface area contributed by atoms with Crippen molar-refractivity contribution in [2.75, 3.05) is 19.0 Å². The normalized spacial score (nSPS) is 12.8. The van der Waals surface area contributed by atoms with Gasteiger partial charge < -0.3 is 10.1 Å². The number of nitrogens with zero attached hydrogens (tertiary/aromatic N) is 2. The molecule has 1 aromatic heterocycles. The summed E-state index contributed by atoms with van der Waals surface area (Å²) >= 11 is 6.00. The van der Waals surface area contributed by atoms with Crippen LogP contribution in [-0.2, 0) is 12.8 Å². The van der Waals surface area contributed by atoms with Crippen LogP contribution in [-0.4, -0.2) is 23.4 Å². The number of hydrogen-bond acceptors (Lipinski definition) is 3. The Morgan fingerprint density at radius 2 is 1.96 bits per heavy atom. The van der Waals surface area contributed by atoms with Gasteiger partial charge in [-0.2, -0.15) is 5.10 Å². The second kappa shape index (κ2) is 6.21. The summed E-state index contributed by atoms with van der Waals surface area (Å²) in [6.07, 6.45) is 1.75. The molecule has 4 nitrogen and oxygen atoms in total. The van der Waals surface area contributed by atoms with E-state index in [-0.39, 0.29) is 0 Å². The molecule has 0 saturated heterocycles. The Hall–Kier alpha value is -2.46. The molecule has 4 rings (SSSR count). The number of halogens is 1. The van der Waals surface area contributed by atoms with Crippen LogP contribution in [0.1, 0.15) is 16.8 Å². The van der Waals surface area contributed by atoms with Crippen molar-refractivity contribution in [3.63, 3.8) is 0 Å². The van der Waals surface area contributed by atoms with Gasteiger partial charge in [-0.1, -0.05) is 29.8 Å². The van der Waals surface area contributed by atoms with Crippen molar-refractivity contribution in [2.45, 2.75) is 12.8 Å². The zero-order valence-electron chi connectivity index (χ0n) is 13.4. The number of fused-ring (bicyclic) bond motifs is 1. The van der Waals surface area contributed by atoms with Crippen molar-refractivity contribution in [1.29, 1.82) is 0 Å². The van der Waals surface area contributed by atoms with Gasteiger partial charge >= 0.3 is 0 Å². The minimum Gasteiger partial charge on any atom is -0.496 e. The molecule has 2 heterocycles. The van der Waals surface area contributed by atoms with Crippen LogP contribution in [0.4, 0.5) is 5.82 Å². The van der Waals surface area contributed by atoms with Gasteiger partial charge in [-0.3, -0.25) is 0 Å². The maximum absolute atomic E-state index is 6.00. The van der Waals surface area contributed by atoms with Crippen molar-refractivity contribution in [2.24, 2.45) is 0 Å². The molecule has 1 N–H and O–H groups in total. The second-order valence-electron chi connectivity index (χ2n) is 5.83. The van der Waals surface area contributed by atoms with Crippen LogP contribution in [0.2, 0.25) is 5.02 Å². The smallest absolute Gasteiger partial charge is 0.133 e. The van der Waals surface area contributed by atoms with Gasteiger partial charge in [0.05, 0.1) is 18.5 Å².